The third-order valence-electron chi connectivity index (χ3n) is 4.91. The van der Waals surface area contributed by atoms with Crippen molar-refractivity contribution < 1.29 is 9.53 Å². The molecule has 0 saturated carbocycles. The highest BCUT2D eigenvalue weighted by Gasteiger charge is 2.18. The Morgan fingerprint density at radius 1 is 1.04 bits per heavy atom. The van der Waals surface area contributed by atoms with E-state index in [0.717, 1.165) is 22.3 Å². The van der Waals surface area contributed by atoms with Crippen LogP contribution in [0.15, 0.2) is 66.7 Å². The van der Waals surface area contributed by atoms with Gasteiger partial charge in [0.25, 0.3) is 0 Å². The van der Waals surface area contributed by atoms with Gasteiger partial charge in [-0.2, -0.15) is 0 Å². The SMILES string of the molecule is COc1ccccc1C(C)CC(=O)NC(CN)c1ccc2ccccc2c1.Cl. The molecule has 0 heterocycles. The van der Waals surface area contributed by atoms with Gasteiger partial charge in [-0.05, 0) is 39.9 Å². The summed E-state index contributed by atoms with van der Waals surface area (Å²) in [5.41, 5.74) is 8.01. The van der Waals surface area contributed by atoms with Crippen molar-refractivity contribution in [3.8, 4) is 5.75 Å². The molecule has 2 atom stereocenters. The van der Waals surface area contributed by atoms with Crippen LogP contribution in [0, 0.1) is 0 Å². The van der Waals surface area contributed by atoms with Gasteiger partial charge in [-0.1, -0.05) is 61.5 Å². The number of hydrogen-bond acceptors (Lipinski definition) is 3. The van der Waals surface area contributed by atoms with E-state index >= 15 is 0 Å². The average Bonchev–Trinajstić information content (AvgIpc) is 2.71. The minimum atomic E-state index is -0.202. The molecule has 3 rings (SSSR count). The number of rotatable bonds is 7. The van der Waals surface area contributed by atoms with Crippen molar-refractivity contribution in [2.24, 2.45) is 5.73 Å². The highest BCUT2D eigenvalue weighted by molar-refractivity contribution is 5.85. The lowest BCUT2D eigenvalue weighted by Crippen LogP contribution is -2.33. The maximum atomic E-state index is 12.6. The first-order chi connectivity index (χ1) is 13.1. The van der Waals surface area contributed by atoms with E-state index in [0.29, 0.717) is 13.0 Å². The predicted molar refractivity (Wildman–Crippen MR) is 117 cm³/mol. The zero-order valence-electron chi connectivity index (χ0n) is 16.2. The summed E-state index contributed by atoms with van der Waals surface area (Å²) in [4.78, 5) is 12.6. The van der Waals surface area contributed by atoms with Crippen molar-refractivity contribution >= 4 is 29.1 Å². The summed E-state index contributed by atoms with van der Waals surface area (Å²) in [6, 6.07) is 22.0. The van der Waals surface area contributed by atoms with E-state index in [1.807, 2.05) is 49.4 Å². The second-order valence-electron chi connectivity index (χ2n) is 6.81. The molecular weight excluding hydrogens is 372 g/mol. The standard InChI is InChI=1S/C23H26N2O2.ClH/c1-16(20-9-5-6-10-22(20)27-2)13-23(26)25-21(15-24)19-12-11-17-7-3-4-8-18(17)14-19;/h3-12,14,16,21H,13,15,24H2,1-2H3,(H,25,26);1H. The van der Waals surface area contributed by atoms with Crippen LogP contribution in [-0.2, 0) is 4.79 Å². The van der Waals surface area contributed by atoms with E-state index in [4.69, 9.17) is 10.5 Å². The lowest BCUT2D eigenvalue weighted by Gasteiger charge is -2.20. The summed E-state index contributed by atoms with van der Waals surface area (Å²) in [5.74, 6) is 0.843. The Hall–Kier alpha value is -2.56. The smallest absolute Gasteiger partial charge is 0.221 e. The number of fused-ring (bicyclic) bond motifs is 1. The molecule has 0 aliphatic heterocycles. The van der Waals surface area contributed by atoms with Crippen molar-refractivity contribution in [3.63, 3.8) is 0 Å². The van der Waals surface area contributed by atoms with Gasteiger partial charge in [0.2, 0.25) is 5.91 Å². The minimum Gasteiger partial charge on any atom is -0.496 e. The van der Waals surface area contributed by atoms with Crippen LogP contribution in [0.2, 0.25) is 0 Å². The third-order valence-corrected chi connectivity index (χ3v) is 4.91. The summed E-state index contributed by atoms with van der Waals surface area (Å²) in [5, 5.41) is 5.40. The number of halogens is 1. The fourth-order valence-corrected chi connectivity index (χ4v) is 3.42. The van der Waals surface area contributed by atoms with Gasteiger partial charge in [-0.15, -0.1) is 12.4 Å². The number of carbonyl (C=O) groups is 1. The van der Waals surface area contributed by atoms with Crippen molar-refractivity contribution in [1.29, 1.82) is 0 Å². The van der Waals surface area contributed by atoms with Crippen LogP contribution >= 0.6 is 12.4 Å². The van der Waals surface area contributed by atoms with E-state index < -0.39 is 0 Å². The van der Waals surface area contributed by atoms with E-state index in [9.17, 15) is 4.79 Å². The van der Waals surface area contributed by atoms with E-state index in [1.54, 1.807) is 7.11 Å². The molecule has 0 aromatic heterocycles. The van der Waals surface area contributed by atoms with Gasteiger partial charge in [0.1, 0.15) is 5.75 Å². The van der Waals surface area contributed by atoms with Crippen molar-refractivity contribution in [1.82, 2.24) is 5.32 Å². The van der Waals surface area contributed by atoms with Crippen molar-refractivity contribution in [2.75, 3.05) is 13.7 Å². The zero-order chi connectivity index (χ0) is 19.2. The van der Waals surface area contributed by atoms with Crippen molar-refractivity contribution in [2.45, 2.75) is 25.3 Å². The molecular formula is C23H27ClN2O2. The molecule has 0 aliphatic rings. The average molecular weight is 399 g/mol. The molecule has 3 aromatic carbocycles. The molecule has 0 saturated heterocycles. The Labute approximate surface area is 172 Å². The molecule has 5 heteroatoms. The fourth-order valence-electron chi connectivity index (χ4n) is 3.42. The first-order valence-corrected chi connectivity index (χ1v) is 9.23. The second kappa shape index (κ2) is 10.1. The monoisotopic (exact) mass is 398 g/mol. The summed E-state index contributed by atoms with van der Waals surface area (Å²) in [6.45, 7) is 2.39. The zero-order valence-corrected chi connectivity index (χ0v) is 17.0. The number of carbonyl (C=O) groups excluding carboxylic acids is 1. The van der Waals surface area contributed by atoms with Gasteiger partial charge in [-0.25, -0.2) is 0 Å². The number of ether oxygens (including phenoxy) is 1. The highest BCUT2D eigenvalue weighted by atomic mass is 35.5. The quantitative estimate of drug-likeness (QED) is 0.612. The van der Waals surface area contributed by atoms with Crippen molar-refractivity contribution in [3.05, 3.63) is 77.9 Å². The van der Waals surface area contributed by atoms with E-state index in [1.165, 1.54) is 5.39 Å². The normalized spacial score (nSPS) is 12.7. The van der Waals surface area contributed by atoms with Crippen LogP contribution in [0.25, 0.3) is 10.8 Å². The summed E-state index contributed by atoms with van der Waals surface area (Å²) in [6.07, 6.45) is 0.379. The molecule has 4 nitrogen and oxygen atoms in total. The fraction of sp³-hybridized carbons (Fsp3) is 0.261. The van der Waals surface area contributed by atoms with Crippen LogP contribution in [0.3, 0.4) is 0 Å². The summed E-state index contributed by atoms with van der Waals surface area (Å²) >= 11 is 0. The Morgan fingerprint density at radius 2 is 1.71 bits per heavy atom. The van der Waals surface area contributed by atoms with Crippen LogP contribution in [0.4, 0.5) is 0 Å². The molecule has 0 radical (unpaired) electrons. The molecule has 0 bridgehead atoms. The van der Waals surface area contributed by atoms with Gasteiger partial charge < -0.3 is 15.8 Å². The van der Waals surface area contributed by atoms with Crippen LogP contribution < -0.4 is 15.8 Å². The Morgan fingerprint density at radius 3 is 2.43 bits per heavy atom. The molecule has 0 aliphatic carbocycles. The maximum absolute atomic E-state index is 12.6. The molecule has 28 heavy (non-hydrogen) atoms. The minimum absolute atomic E-state index is 0. The molecule has 1 amide bonds. The highest BCUT2D eigenvalue weighted by Crippen LogP contribution is 2.28. The lowest BCUT2D eigenvalue weighted by atomic mass is 9.96. The number of nitrogens with two attached hydrogens (primary N) is 1. The van der Waals surface area contributed by atoms with Crippen LogP contribution in [0.5, 0.6) is 5.75 Å². The number of para-hydroxylation sites is 1. The molecule has 0 spiro atoms. The molecule has 0 fully saturated rings. The second-order valence-corrected chi connectivity index (χ2v) is 6.81. The van der Waals surface area contributed by atoms with Gasteiger partial charge in [0.05, 0.1) is 13.2 Å². The largest absolute Gasteiger partial charge is 0.496 e. The summed E-state index contributed by atoms with van der Waals surface area (Å²) in [7, 11) is 1.65. The van der Waals surface area contributed by atoms with Gasteiger partial charge in [0.15, 0.2) is 0 Å². The number of amides is 1. The summed E-state index contributed by atoms with van der Waals surface area (Å²) < 4.78 is 5.41. The lowest BCUT2D eigenvalue weighted by molar-refractivity contribution is -0.122. The van der Waals surface area contributed by atoms with Gasteiger partial charge in [-0.3, -0.25) is 4.79 Å². The number of hydrogen-bond donors (Lipinski definition) is 2. The first-order valence-electron chi connectivity index (χ1n) is 9.23. The molecule has 3 aromatic rings. The number of methoxy groups -OCH3 is 1. The Kier molecular flexibility index (Phi) is 7.85. The predicted octanol–water partition coefficient (Wildman–Crippen LogP) is 4.58. The van der Waals surface area contributed by atoms with Crippen LogP contribution in [-0.4, -0.2) is 19.6 Å². The van der Waals surface area contributed by atoms with E-state index in [2.05, 4.69) is 29.6 Å². The van der Waals surface area contributed by atoms with E-state index in [-0.39, 0.29) is 30.3 Å². The molecule has 3 N–H and O–H groups in total. The molecule has 2 unspecified atom stereocenters. The number of benzene rings is 3. The maximum Gasteiger partial charge on any atom is 0.221 e. The van der Waals surface area contributed by atoms with Gasteiger partial charge >= 0.3 is 0 Å². The topological polar surface area (TPSA) is 64.3 Å². The Balaban J connectivity index is 0.00000280. The first kappa shape index (κ1) is 21.7. The Bertz CT molecular complexity index is 929. The third kappa shape index (κ3) is 5.03. The van der Waals surface area contributed by atoms with Gasteiger partial charge in [0, 0.05) is 13.0 Å². The molecule has 148 valence electrons. The number of nitrogens with one attached hydrogen (secondary N) is 1. The van der Waals surface area contributed by atoms with Crippen LogP contribution in [0.1, 0.15) is 36.4 Å².